The Balaban J connectivity index is 1.88. The summed E-state index contributed by atoms with van der Waals surface area (Å²) in [6.45, 7) is 3.38. The normalized spacial score (nSPS) is 16.6. The van der Waals surface area contributed by atoms with Crippen LogP contribution in [0.4, 0.5) is 5.69 Å². The SMILES string of the molecule is CNC(=O)C1CN(Cc2ccc(C)cc2)c2ccccc2O1. The van der Waals surface area contributed by atoms with Crippen molar-refractivity contribution >= 4 is 11.6 Å². The molecule has 114 valence electrons. The third-order valence-electron chi connectivity index (χ3n) is 3.89. The standard InChI is InChI=1S/C18H20N2O2/c1-13-7-9-14(10-8-13)11-20-12-17(18(21)19-2)22-16-6-4-3-5-15(16)20/h3-10,17H,11-12H2,1-2H3,(H,19,21). The van der Waals surface area contributed by atoms with Gasteiger partial charge in [0.15, 0.2) is 6.10 Å². The molecule has 1 unspecified atom stereocenters. The molecule has 0 bridgehead atoms. The summed E-state index contributed by atoms with van der Waals surface area (Å²) in [6, 6.07) is 16.3. The van der Waals surface area contributed by atoms with Gasteiger partial charge in [0.2, 0.25) is 0 Å². The van der Waals surface area contributed by atoms with E-state index in [1.54, 1.807) is 7.05 Å². The lowest BCUT2D eigenvalue weighted by atomic mass is 10.1. The summed E-state index contributed by atoms with van der Waals surface area (Å²) >= 11 is 0. The van der Waals surface area contributed by atoms with Gasteiger partial charge in [0, 0.05) is 13.6 Å². The molecular formula is C18H20N2O2. The molecule has 0 fully saturated rings. The molecule has 1 aliphatic rings. The van der Waals surface area contributed by atoms with Gasteiger partial charge >= 0.3 is 0 Å². The topological polar surface area (TPSA) is 41.6 Å². The van der Waals surface area contributed by atoms with Crippen molar-refractivity contribution in [2.75, 3.05) is 18.5 Å². The highest BCUT2D eigenvalue weighted by molar-refractivity contribution is 5.83. The van der Waals surface area contributed by atoms with Crippen LogP contribution in [0.2, 0.25) is 0 Å². The minimum Gasteiger partial charge on any atom is -0.477 e. The van der Waals surface area contributed by atoms with Gasteiger partial charge in [-0.2, -0.15) is 0 Å². The van der Waals surface area contributed by atoms with Gasteiger partial charge in [0.25, 0.3) is 5.91 Å². The number of aryl methyl sites for hydroxylation is 1. The van der Waals surface area contributed by atoms with E-state index in [2.05, 4.69) is 41.4 Å². The molecule has 1 amide bonds. The molecule has 22 heavy (non-hydrogen) atoms. The third-order valence-corrected chi connectivity index (χ3v) is 3.89. The number of carbonyl (C=O) groups excluding carboxylic acids is 1. The van der Waals surface area contributed by atoms with Crippen molar-refractivity contribution in [3.05, 3.63) is 59.7 Å². The highest BCUT2D eigenvalue weighted by Crippen LogP contribution is 2.34. The molecule has 3 rings (SSSR count). The van der Waals surface area contributed by atoms with E-state index in [-0.39, 0.29) is 5.91 Å². The lowest BCUT2D eigenvalue weighted by Crippen LogP contribution is -2.47. The van der Waals surface area contributed by atoms with Crippen LogP contribution >= 0.6 is 0 Å². The van der Waals surface area contributed by atoms with Crippen LogP contribution in [-0.4, -0.2) is 25.6 Å². The maximum atomic E-state index is 12.0. The largest absolute Gasteiger partial charge is 0.477 e. The van der Waals surface area contributed by atoms with Gasteiger partial charge in [-0.3, -0.25) is 4.79 Å². The first-order valence-electron chi connectivity index (χ1n) is 7.45. The van der Waals surface area contributed by atoms with Gasteiger partial charge < -0.3 is 15.0 Å². The van der Waals surface area contributed by atoms with Crippen molar-refractivity contribution in [2.24, 2.45) is 0 Å². The number of nitrogens with one attached hydrogen (secondary N) is 1. The average molecular weight is 296 g/mol. The Morgan fingerprint density at radius 1 is 1.23 bits per heavy atom. The molecule has 4 nitrogen and oxygen atoms in total. The van der Waals surface area contributed by atoms with E-state index in [1.807, 2.05) is 24.3 Å². The molecule has 0 saturated carbocycles. The fraction of sp³-hybridized carbons (Fsp3) is 0.278. The Labute approximate surface area is 130 Å². The molecule has 0 saturated heterocycles. The summed E-state index contributed by atoms with van der Waals surface area (Å²) in [4.78, 5) is 14.2. The second kappa shape index (κ2) is 6.10. The number of nitrogens with zero attached hydrogens (tertiary/aromatic N) is 1. The van der Waals surface area contributed by atoms with Crippen LogP contribution in [0.1, 0.15) is 11.1 Å². The smallest absolute Gasteiger partial charge is 0.262 e. The molecule has 1 N–H and O–H groups in total. The van der Waals surface area contributed by atoms with Gasteiger partial charge in [-0.05, 0) is 24.6 Å². The van der Waals surface area contributed by atoms with E-state index in [4.69, 9.17) is 4.74 Å². The van der Waals surface area contributed by atoms with Crippen molar-refractivity contribution in [3.8, 4) is 5.75 Å². The molecule has 1 heterocycles. The Bertz CT molecular complexity index is 667. The first kappa shape index (κ1) is 14.4. The van der Waals surface area contributed by atoms with Gasteiger partial charge in [-0.25, -0.2) is 0 Å². The average Bonchev–Trinajstić information content (AvgIpc) is 2.56. The second-order valence-electron chi connectivity index (χ2n) is 5.55. The van der Waals surface area contributed by atoms with E-state index in [1.165, 1.54) is 11.1 Å². The van der Waals surface area contributed by atoms with E-state index >= 15 is 0 Å². The number of anilines is 1. The monoisotopic (exact) mass is 296 g/mol. The van der Waals surface area contributed by atoms with Gasteiger partial charge in [-0.1, -0.05) is 42.0 Å². The number of hydrogen-bond donors (Lipinski definition) is 1. The summed E-state index contributed by atoms with van der Waals surface area (Å²) in [5.74, 6) is 0.665. The summed E-state index contributed by atoms with van der Waals surface area (Å²) < 4.78 is 5.82. The first-order valence-corrected chi connectivity index (χ1v) is 7.45. The predicted octanol–water partition coefficient (Wildman–Crippen LogP) is 2.51. The van der Waals surface area contributed by atoms with Crippen molar-refractivity contribution in [1.82, 2.24) is 5.32 Å². The van der Waals surface area contributed by atoms with E-state index in [9.17, 15) is 4.79 Å². The maximum Gasteiger partial charge on any atom is 0.262 e. The Morgan fingerprint density at radius 2 is 1.95 bits per heavy atom. The quantitative estimate of drug-likeness (QED) is 0.946. The van der Waals surface area contributed by atoms with Crippen molar-refractivity contribution < 1.29 is 9.53 Å². The summed E-state index contributed by atoms with van der Waals surface area (Å²) in [7, 11) is 1.64. The molecule has 4 heteroatoms. The molecule has 2 aromatic rings. The van der Waals surface area contributed by atoms with Gasteiger partial charge in [-0.15, -0.1) is 0 Å². The zero-order valence-electron chi connectivity index (χ0n) is 12.9. The third kappa shape index (κ3) is 2.91. The fourth-order valence-electron chi connectivity index (χ4n) is 2.67. The van der Waals surface area contributed by atoms with Crippen LogP contribution in [-0.2, 0) is 11.3 Å². The highest BCUT2D eigenvalue weighted by Gasteiger charge is 2.29. The maximum absolute atomic E-state index is 12.0. The van der Waals surface area contributed by atoms with Crippen molar-refractivity contribution in [3.63, 3.8) is 0 Å². The zero-order chi connectivity index (χ0) is 15.5. The van der Waals surface area contributed by atoms with E-state index in [0.29, 0.717) is 6.54 Å². The summed E-state index contributed by atoms with van der Waals surface area (Å²) in [6.07, 6.45) is -0.481. The molecule has 1 aliphatic heterocycles. The number of para-hydroxylation sites is 2. The van der Waals surface area contributed by atoms with Gasteiger partial charge in [0.1, 0.15) is 5.75 Å². The van der Waals surface area contributed by atoms with Crippen LogP contribution in [0, 0.1) is 6.92 Å². The predicted molar refractivity (Wildman–Crippen MR) is 87.2 cm³/mol. The number of rotatable bonds is 3. The van der Waals surface area contributed by atoms with Crippen molar-refractivity contribution in [1.29, 1.82) is 0 Å². The molecule has 0 spiro atoms. The highest BCUT2D eigenvalue weighted by atomic mass is 16.5. The van der Waals surface area contributed by atoms with E-state index in [0.717, 1.165) is 18.0 Å². The van der Waals surface area contributed by atoms with Crippen LogP contribution in [0.3, 0.4) is 0 Å². The zero-order valence-corrected chi connectivity index (χ0v) is 12.9. The minimum atomic E-state index is -0.481. The van der Waals surface area contributed by atoms with Crippen molar-refractivity contribution in [2.45, 2.75) is 19.6 Å². The number of ether oxygens (including phenoxy) is 1. The minimum absolute atomic E-state index is 0.0941. The lowest BCUT2D eigenvalue weighted by molar-refractivity contribution is -0.127. The number of benzene rings is 2. The molecule has 1 atom stereocenters. The lowest BCUT2D eigenvalue weighted by Gasteiger charge is -2.35. The van der Waals surface area contributed by atoms with E-state index < -0.39 is 6.10 Å². The van der Waals surface area contributed by atoms with Gasteiger partial charge in [0.05, 0.1) is 12.2 Å². The number of hydrogen-bond acceptors (Lipinski definition) is 3. The summed E-state index contributed by atoms with van der Waals surface area (Å²) in [5.41, 5.74) is 3.50. The Kier molecular flexibility index (Phi) is 4.00. The van der Waals surface area contributed by atoms with Crippen LogP contribution in [0.25, 0.3) is 0 Å². The number of carbonyl (C=O) groups is 1. The second-order valence-corrected chi connectivity index (χ2v) is 5.55. The Hall–Kier alpha value is -2.49. The molecule has 2 aromatic carbocycles. The first-order chi connectivity index (χ1) is 10.7. The van der Waals surface area contributed by atoms with Crippen LogP contribution in [0.15, 0.2) is 48.5 Å². The number of amides is 1. The molecule has 0 radical (unpaired) electrons. The molecule has 0 aliphatic carbocycles. The van der Waals surface area contributed by atoms with Crippen LogP contribution < -0.4 is 15.0 Å². The molecular weight excluding hydrogens is 276 g/mol. The molecule has 0 aromatic heterocycles. The van der Waals surface area contributed by atoms with Crippen LogP contribution in [0.5, 0.6) is 5.75 Å². The number of likely N-dealkylation sites (N-methyl/N-ethyl adjacent to an activating group) is 1. The summed E-state index contributed by atoms with van der Waals surface area (Å²) in [5, 5.41) is 2.67. The Morgan fingerprint density at radius 3 is 2.68 bits per heavy atom. The fourth-order valence-corrected chi connectivity index (χ4v) is 2.67. The number of fused-ring (bicyclic) bond motifs is 1.